The number of nitrogens with one attached hydrogen (secondary N) is 1. The van der Waals surface area contributed by atoms with E-state index < -0.39 is 38.6 Å². The molecule has 1 fully saturated rings. The number of phosphoric ester groups is 1. The van der Waals surface area contributed by atoms with E-state index in [9.17, 15) is 19.4 Å². The summed E-state index contributed by atoms with van der Waals surface area (Å²) in [7, 11) is -4.38. The second-order valence-corrected chi connectivity index (χ2v) is 10.8. The van der Waals surface area contributed by atoms with Crippen molar-refractivity contribution in [2.24, 2.45) is 0 Å². The summed E-state index contributed by atoms with van der Waals surface area (Å²) in [5.74, 6) is -1.04. The Bertz CT molecular complexity index is 565. The Labute approximate surface area is 205 Å². The second-order valence-electron chi connectivity index (χ2n) is 9.35. The largest absolute Gasteiger partial charge is 0.480 e. The van der Waals surface area contributed by atoms with E-state index in [2.05, 4.69) is 12.2 Å². The summed E-state index contributed by atoms with van der Waals surface area (Å²) in [5, 5.41) is 21.5. The van der Waals surface area contributed by atoms with E-state index in [1.165, 1.54) is 77.0 Å². The molecule has 1 rings (SSSR count). The van der Waals surface area contributed by atoms with E-state index in [0.717, 1.165) is 12.8 Å². The van der Waals surface area contributed by atoms with Crippen molar-refractivity contribution in [1.82, 2.24) is 5.32 Å². The van der Waals surface area contributed by atoms with Gasteiger partial charge in [-0.05, 0) is 6.42 Å². The molecule has 0 aliphatic carbocycles. The third-order valence-electron chi connectivity index (χ3n) is 6.05. The molecule has 0 aromatic heterocycles. The third kappa shape index (κ3) is 17.0. The summed E-state index contributed by atoms with van der Waals surface area (Å²) in [5.41, 5.74) is 0. The van der Waals surface area contributed by atoms with E-state index in [4.69, 9.17) is 18.9 Å². The van der Waals surface area contributed by atoms with E-state index in [1.54, 1.807) is 0 Å². The van der Waals surface area contributed by atoms with Gasteiger partial charge in [0.25, 0.3) is 0 Å². The highest BCUT2D eigenvalue weighted by molar-refractivity contribution is 7.47. The summed E-state index contributed by atoms with van der Waals surface area (Å²) in [6.07, 6.45) is 16.4. The minimum Gasteiger partial charge on any atom is -0.480 e. The quantitative estimate of drug-likeness (QED) is 0.113. The Hall–Kier alpha value is -0.540. The number of ether oxygens (including phenoxy) is 1. The monoisotopic (exact) mass is 509 g/mol. The molecule has 0 saturated carbocycles. The lowest BCUT2D eigenvalue weighted by Gasteiger charge is -2.18. The molecule has 0 spiro atoms. The topological polar surface area (TPSA) is 135 Å². The average Bonchev–Trinajstić information content (AvgIpc) is 3.25. The Morgan fingerprint density at radius 1 is 0.941 bits per heavy atom. The van der Waals surface area contributed by atoms with Crippen LogP contribution in [0.2, 0.25) is 0 Å². The maximum atomic E-state index is 12.0. The number of hydrogen-bond acceptors (Lipinski definition) is 7. The first-order valence-electron chi connectivity index (χ1n) is 13.2. The van der Waals surface area contributed by atoms with Gasteiger partial charge in [0.05, 0.1) is 19.3 Å². The fraction of sp³-hybridized carbons (Fsp3) is 0.958. The third-order valence-corrected chi connectivity index (χ3v) is 7.09. The van der Waals surface area contributed by atoms with E-state index in [-0.39, 0.29) is 19.6 Å². The van der Waals surface area contributed by atoms with Gasteiger partial charge in [0.15, 0.2) is 0 Å². The molecular formula is C24H48NO8P. The van der Waals surface area contributed by atoms with E-state index in [0.29, 0.717) is 6.61 Å². The van der Waals surface area contributed by atoms with Crippen molar-refractivity contribution in [3.63, 3.8) is 0 Å². The number of hydrogen-bond donors (Lipinski definition) is 4. The van der Waals surface area contributed by atoms with E-state index in [1.807, 2.05) is 0 Å². The number of carboxylic acid groups (broad SMARTS) is 1. The highest BCUT2D eigenvalue weighted by Gasteiger charge is 2.35. The number of carbonyl (C=O) groups is 1. The number of phosphoric acid groups is 1. The number of aliphatic hydroxyl groups is 1. The van der Waals surface area contributed by atoms with Crippen LogP contribution in [0.3, 0.4) is 0 Å². The summed E-state index contributed by atoms with van der Waals surface area (Å²) >= 11 is 0. The molecule has 0 aromatic rings. The minimum absolute atomic E-state index is 0.0184. The van der Waals surface area contributed by atoms with Crippen molar-refractivity contribution in [1.29, 1.82) is 0 Å². The Morgan fingerprint density at radius 2 is 1.47 bits per heavy atom. The lowest BCUT2D eigenvalue weighted by atomic mass is 10.0. The van der Waals surface area contributed by atoms with Gasteiger partial charge in [0.2, 0.25) is 0 Å². The van der Waals surface area contributed by atoms with Gasteiger partial charge in [0, 0.05) is 19.6 Å². The van der Waals surface area contributed by atoms with Gasteiger partial charge in [0.1, 0.15) is 12.1 Å². The van der Waals surface area contributed by atoms with Crippen molar-refractivity contribution < 1.29 is 38.3 Å². The molecule has 0 bridgehead atoms. The zero-order valence-corrected chi connectivity index (χ0v) is 21.9. The predicted octanol–water partition coefficient (Wildman–Crippen LogP) is 4.79. The first kappa shape index (κ1) is 31.5. The lowest BCUT2D eigenvalue weighted by molar-refractivity contribution is -0.139. The molecule has 1 saturated heterocycles. The molecule has 1 aliphatic rings. The van der Waals surface area contributed by atoms with Gasteiger partial charge in [-0.15, -0.1) is 0 Å². The van der Waals surface area contributed by atoms with E-state index >= 15 is 0 Å². The standard InChI is InChI=1S/C24H48NO8P/c1-2-3-4-5-6-7-8-9-10-11-12-13-14-15-16-31-19-21(26)20-32-34(29,30)33-22-17-23(24(27)28)25-18-22/h21-23,25-26H,2-20H2,1H3,(H,27,28)(H,29,30)/t21-,22-,23+/m1/s1. The molecule has 10 heteroatoms. The molecule has 0 aromatic carbocycles. The Morgan fingerprint density at radius 3 is 1.97 bits per heavy atom. The average molecular weight is 510 g/mol. The van der Waals surface area contributed by atoms with Crippen LogP contribution < -0.4 is 5.32 Å². The van der Waals surface area contributed by atoms with Crippen LogP contribution in [-0.4, -0.2) is 65.7 Å². The van der Waals surface area contributed by atoms with Crippen molar-refractivity contribution in [2.45, 2.75) is 121 Å². The Kier molecular flexibility index (Phi) is 18.2. The van der Waals surface area contributed by atoms with Gasteiger partial charge >= 0.3 is 13.8 Å². The fourth-order valence-corrected chi connectivity index (χ4v) is 5.00. The zero-order valence-electron chi connectivity index (χ0n) is 21.0. The molecule has 1 unspecified atom stereocenters. The number of rotatable bonds is 23. The highest BCUT2D eigenvalue weighted by Crippen LogP contribution is 2.45. The molecule has 4 N–H and O–H groups in total. The maximum absolute atomic E-state index is 12.0. The first-order chi connectivity index (χ1) is 16.3. The van der Waals surface area contributed by atoms with Gasteiger partial charge in [-0.2, -0.15) is 0 Å². The molecule has 1 heterocycles. The summed E-state index contributed by atoms with van der Waals surface area (Å²) in [6.45, 7) is 2.56. The SMILES string of the molecule is CCCCCCCCCCCCCCCCOC[C@@H](O)COP(=O)(O)O[C@H]1CN[C@H](C(=O)O)C1. The lowest BCUT2D eigenvalue weighted by Crippen LogP contribution is -2.29. The molecule has 202 valence electrons. The zero-order chi connectivity index (χ0) is 25.1. The van der Waals surface area contributed by atoms with Gasteiger partial charge in [-0.3, -0.25) is 13.8 Å². The molecule has 0 amide bonds. The van der Waals surface area contributed by atoms with Gasteiger partial charge in [-0.25, -0.2) is 4.57 Å². The van der Waals surface area contributed by atoms with Gasteiger partial charge in [-0.1, -0.05) is 90.4 Å². The molecule has 34 heavy (non-hydrogen) atoms. The summed E-state index contributed by atoms with van der Waals surface area (Å²) in [4.78, 5) is 20.6. The first-order valence-corrected chi connectivity index (χ1v) is 14.7. The molecule has 4 atom stereocenters. The molecule has 1 aliphatic heterocycles. The van der Waals surface area contributed by atoms with Crippen LogP contribution in [0.4, 0.5) is 0 Å². The second kappa shape index (κ2) is 19.6. The van der Waals surface area contributed by atoms with Crippen LogP contribution >= 0.6 is 7.82 Å². The van der Waals surface area contributed by atoms with Crippen molar-refractivity contribution in [2.75, 3.05) is 26.4 Å². The number of carboxylic acids is 1. The number of aliphatic carboxylic acids is 1. The van der Waals surface area contributed by atoms with Crippen LogP contribution in [0.1, 0.15) is 103 Å². The van der Waals surface area contributed by atoms with Crippen molar-refractivity contribution in [3.8, 4) is 0 Å². The van der Waals surface area contributed by atoms with Crippen LogP contribution in [0, 0.1) is 0 Å². The van der Waals surface area contributed by atoms with Crippen LogP contribution in [-0.2, 0) is 23.1 Å². The fourth-order valence-electron chi connectivity index (χ4n) is 4.04. The highest BCUT2D eigenvalue weighted by atomic mass is 31.2. The molecule has 0 radical (unpaired) electrons. The van der Waals surface area contributed by atoms with Gasteiger partial charge < -0.3 is 25.2 Å². The molecular weight excluding hydrogens is 461 g/mol. The van der Waals surface area contributed by atoms with Crippen LogP contribution in [0.15, 0.2) is 0 Å². The number of unbranched alkanes of at least 4 members (excludes halogenated alkanes) is 13. The Balaban J connectivity index is 1.88. The summed E-state index contributed by atoms with van der Waals surface area (Å²) in [6, 6.07) is -0.807. The predicted molar refractivity (Wildman–Crippen MR) is 132 cm³/mol. The molecule has 9 nitrogen and oxygen atoms in total. The van der Waals surface area contributed by atoms with Crippen LogP contribution in [0.25, 0.3) is 0 Å². The van der Waals surface area contributed by atoms with Crippen molar-refractivity contribution in [3.05, 3.63) is 0 Å². The number of aliphatic hydroxyl groups excluding tert-OH is 1. The maximum Gasteiger partial charge on any atom is 0.472 e. The normalized spacial score (nSPS) is 20.9. The smallest absolute Gasteiger partial charge is 0.472 e. The minimum atomic E-state index is -4.38. The van der Waals surface area contributed by atoms with Crippen molar-refractivity contribution >= 4 is 13.8 Å². The van der Waals surface area contributed by atoms with Crippen LogP contribution in [0.5, 0.6) is 0 Å². The summed E-state index contributed by atoms with van der Waals surface area (Å²) < 4.78 is 27.2.